The number of thiazole rings is 1. The Kier molecular flexibility index (Phi) is 5.29. The summed E-state index contributed by atoms with van der Waals surface area (Å²) >= 11 is 4.45. The molecule has 2 aromatic heterocycles. The van der Waals surface area contributed by atoms with Crippen LogP contribution in [0.15, 0.2) is 27.3 Å². The fourth-order valence-electron chi connectivity index (χ4n) is 2.43. The van der Waals surface area contributed by atoms with Gasteiger partial charge in [-0.15, -0.1) is 16.2 Å². The third kappa shape index (κ3) is 3.66. The van der Waals surface area contributed by atoms with E-state index in [4.69, 9.17) is 0 Å². The van der Waals surface area contributed by atoms with Gasteiger partial charge in [0.1, 0.15) is 5.82 Å². The van der Waals surface area contributed by atoms with Gasteiger partial charge in [-0.25, -0.2) is 9.97 Å². The largest absolute Gasteiger partial charge is 0.354 e. The molecule has 0 atom stereocenters. The number of nitrogens with zero attached hydrogens (tertiary/aromatic N) is 5. The van der Waals surface area contributed by atoms with E-state index < -0.39 is 0 Å². The number of hydrogen-bond donors (Lipinski definition) is 1. The molecule has 1 fully saturated rings. The molecule has 126 valence electrons. The van der Waals surface area contributed by atoms with Crippen molar-refractivity contribution in [2.24, 2.45) is 5.18 Å². The van der Waals surface area contributed by atoms with Gasteiger partial charge in [0.15, 0.2) is 5.01 Å². The number of aromatic nitrogens is 2. The van der Waals surface area contributed by atoms with Gasteiger partial charge >= 0.3 is 0 Å². The van der Waals surface area contributed by atoms with E-state index in [0.717, 1.165) is 13.0 Å². The molecule has 1 N–H and O–H groups in total. The lowest BCUT2D eigenvalue weighted by Gasteiger charge is -2.19. The highest BCUT2D eigenvalue weighted by atomic mass is 79.9. The fraction of sp³-hybridized carbons (Fsp3) is 0.357. The van der Waals surface area contributed by atoms with Crippen LogP contribution in [0.2, 0.25) is 0 Å². The van der Waals surface area contributed by atoms with Gasteiger partial charge in [0.05, 0.1) is 5.56 Å². The third-order valence-electron chi connectivity index (χ3n) is 3.65. The maximum atomic E-state index is 12.6. The zero-order valence-electron chi connectivity index (χ0n) is 12.6. The summed E-state index contributed by atoms with van der Waals surface area (Å²) in [6.45, 7) is 2.53. The van der Waals surface area contributed by atoms with Gasteiger partial charge in [0.25, 0.3) is 0 Å². The van der Waals surface area contributed by atoms with E-state index in [9.17, 15) is 14.9 Å². The van der Waals surface area contributed by atoms with Gasteiger partial charge in [-0.05, 0) is 33.6 Å². The molecule has 0 aromatic carbocycles. The van der Waals surface area contributed by atoms with Crippen molar-refractivity contribution in [1.29, 1.82) is 0 Å². The number of anilines is 1. The van der Waals surface area contributed by atoms with Crippen LogP contribution in [0, 0.1) is 4.91 Å². The topological polar surface area (TPSA) is 99.0 Å². The third-order valence-corrected chi connectivity index (χ3v) is 4.91. The molecule has 1 aliphatic heterocycles. The number of carbonyl (C=O) groups is 1. The fourth-order valence-corrected chi connectivity index (χ4v) is 3.55. The zero-order chi connectivity index (χ0) is 17.1. The second-order valence-electron chi connectivity index (χ2n) is 5.25. The Morgan fingerprint density at radius 1 is 1.33 bits per heavy atom. The smallest absolute Gasteiger partial charge is 0.225 e. The Balaban J connectivity index is 1.84. The first kappa shape index (κ1) is 17.1. The van der Waals surface area contributed by atoms with Crippen LogP contribution in [-0.2, 0) is 0 Å². The molecule has 1 saturated heterocycles. The van der Waals surface area contributed by atoms with E-state index in [-0.39, 0.29) is 22.2 Å². The molecule has 0 saturated carbocycles. The SMILES string of the molecule is O=Nc1ncc(Br)cc1C(=O)c1nc(N2CCCN(O)CC2)cs1. The molecule has 0 radical (unpaired) electrons. The first-order chi connectivity index (χ1) is 11.6. The minimum absolute atomic E-state index is 0.123. The molecule has 0 bridgehead atoms. The Hall–Kier alpha value is -1.75. The second kappa shape index (κ2) is 7.43. The van der Waals surface area contributed by atoms with Crippen molar-refractivity contribution >= 4 is 44.7 Å². The summed E-state index contributed by atoms with van der Waals surface area (Å²) in [5.41, 5.74) is 0.123. The molecule has 1 aliphatic rings. The highest BCUT2D eigenvalue weighted by Gasteiger charge is 2.22. The number of pyridine rings is 1. The van der Waals surface area contributed by atoms with E-state index in [1.807, 2.05) is 4.90 Å². The maximum absolute atomic E-state index is 12.6. The minimum atomic E-state index is -0.381. The monoisotopic (exact) mass is 411 g/mol. The zero-order valence-corrected chi connectivity index (χ0v) is 15.0. The first-order valence-electron chi connectivity index (χ1n) is 7.26. The van der Waals surface area contributed by atoms with Gasteiger partial charge in [-0.1, -0.05) is 0 Å². The van der Waals surface area contributed by atoms with E-state index in [1.54, 1.807) is 5.38 Å². The Morgan fingerprint density at radius 3 is 2.96 bits per heavy atom. The van der Waals surface area contributed by atoms with E-state index >= 15 is 0 Å². The van der Waals surface area contributed by atoms with Crippen LogP contribution >= 0.6 is 27.3 Å². The summed E-state index contributed by atoms with van der Waals surface area (Å²) in [5.74, 6) is 0.168. The van der Waals surface area contributed by atoms with E-state index in [0.29, 0.717) is 29.9 Å². The van der Waals surface area contributed by atoms with Crippen molar-refractivity contribution in [3.63, 3.8) is 0 Å². The van der Waals surface area contributed by atoms with Crippen LogP contribution in [0.4, 0.5) is 11.6 Å². The Labute approximate surface area is 150 Å². The van der Waals surface area contributed by atoms with Crippen molar-refractivity contribution in [1.82, 2.24) is 15.0 Å². The summed E-state index contributed by atoms with van der Waals surface area (Å²) in [7, 11) is 0. The summed E-state index contributed by atoms with van der Waals surface area (Å²) in [4.78, 5) is 33.7. The van der Waals surface area contributed by atoms with Crippen LogP contribution < -0.4 is 4.90 Å². The quantitative estimate of drug-likeness (QED) is 0.609. The lowest BCUT2D eigenvalue weighted by atomic mass is 10.2. The predicted octanol–water partition coefficient (Wildman–Crippen LogP) is 2.83. The molecule has 2 aromatic rings. The molecule has 24 heavy (non-hydrogen) atoms. The lowest BCUT2D eigenvalue weighted by molar-refractivity contribution is -0.0843. The molecule has 0 amide bonds. The molecule has 3 heterocycles. The highest BCUT2D eigenvalue weighted by molar-refractivity contribution is 9.10. The number of halogens is 1. The normalized spacial score (nSPS) is 16.0. The molecular weight excluding hydrogens is 398 g/mol. The van der Waals surface area contributed by atoms with Crippen molar-refractivity contribution in [2.75, 3.05) is 31.1 Å². The number of hydroxylamine groups is 2. The van der Waals surface area contributed by atoms with Gasteiger partial charge in [-0.3, -0.25) is 4.79 Å². The minimum Gasteiger partial charge on any atom is -0.354 e. The van der Waals surface area contributed by atoms with Crippen LogP contribution in [0.1, 0.15) is 21.8 Å². The van der Waals surface area contributed by atoms with E-state index in [1.165, 1.54) is 28.7 Å². The maximum Gasteiger partial charge on any atom is 0.225 e. The lowest BCUT2D eigenvalue weighted by Crippen LogP contribution is -2.29. The molecule has 0 spiro atoms. The Morgan fingerprint density at radius 2 is 2.17 bits per heavy atom. The van der Waals surface area contributed by atoms with Crippen LogP contribution in [-0.4, -0.2) is 52.2 Å². The van der Waals surface area contributed by atoms with Crippen LogP contribution in [0.3, 0.4) is 0 Å². The number of rotatable bonds is 4. The van der Waals surface area contributed by atoms with Crippen molar-refractivity contribution in [3.05, 3.63) is 37.6 Å². The van der Waals surface area contributed by atoms with Gasteiger partial charge in [0, 0.05) is 42.2 Å². The Bertz CT molecular complexity index is 769. The molecule has 0 aliphatic carbocycles. The van der Waals surface area contributed by atoms with Crippen molar-refractivity contribution < 1.29 is 10.0 Å². The number of ketones is 1. The predicted molar refractivity (Wildman–Crippen MR) is 93.1 cm³/mol. The summed E-state index contributed by atoms with van der Waals surface area (Å²) in [5, 5.41) is 15.7. The molecule has 8 nitrogen and oxygen atoms in total. The van der Waals surface area contributed by atoms with Gasteiger partial charge < -0.3 is 10.1 Å². The van der Waals surface area contributed by atoms with Crippen molar-refractivity contribution in [3.8, 4) is 0 Å². The standard InChI is InChI=1S/C14H14BrN5O3S/c15-9-6-10(13(18-22)16-7-9)12(21)14-17-11(8-24-14)19-2-1-3-20(23)5-4-19/h6-8,23H,1-5H2. The molecule has 0 unspecified atom stereocenters. The molecule has 10 heteroatoms. The van der Waals surface area contributed by atoms with Crippen LogP contribution in [0.25, 0.3) is 0 Å². The number of carbonyl (C=O) groups excluding carboxylic acids is 1. The average Bonchev–Trinajstić information content (AvgIpc) is 2.97. The average molecular weight is 412 g/mol. The van der Waals surface area contributed by atoms with E-state index in [2.05, 4.69) is 31.1 Å². The number of hydrogen-bond acceptors (Lipinski definition) is 9. The highest BCUT2D eigenvalue weighted by Crippen LogP contribution is 2.27. The van der Waals surface area contributed by atoms with Crippen molar-refractivity contribution in [2.45, 2.75) is 6.42 Å². The van der Waals surface area contributed by atoms with Gasteiger partial charge in [-0.2, -0.15) is 5.06 Å². The summed E-state index contributed by atoms with van der Waals surface area (Å²) in [6, 6.07) is 1.52. The summed E-state index contributed by atoms with van der Waals surface area (Å²) < 4.78 is 0.589. The number of nitroso groups, excluding NO2 is 1. The second-order valence-corrected chi connectivity index (χ2v) is 7.02. The summed E-state index contributed by atoms with van der Waals surface area (Å²) in [6.07, 6.45) is 2.23. The first-order valence-corrected chi connectivity index (χ1v) is 8.93. The molecule has 3 rings (SSSR count). The molecular formula is C14H14BrN5O3S. The van der Waals surface area contributed by atoms with Gasteiger partial charge in [0.2, 0.25) is 11.6 Å². The van der Waals surface area contributed by atoms with Crippen LogP contribution in [0.5, 0.6) is 0 Å².